The Hall–Kier alpha value is -1.51. The summed E-state index contributed by atoms with van der Waals surface area (Å²) in [6.45, 7) is 4.12. The Morgan fingerprint density at radius 2 is 1.89 bits per heavy atom. The summed E-state index contributed by atoms with van der Waals surface area (Å²) in [5.74, 6) is 0.915. The number of amides is 1. The highest BCUT2D eigenvalue weighted by Crippen LogP contribution is 2.24. The van der Waals surface area contributed by atoms with Crippen LogP contribution in [0.25, 0.3) is 0 Å². The lowest BCUT2D eigenvalue weighted by Gasteiger charge is -2.14. The standard InChI is InChI=1S/C16H23NO2/c1-11-8-13(15(19-3)9-12(11)2)10-16(18)17-14-6-4-5-7-14/h8-9,14H,4-7,10H2,1-3H3,(H,17,18). The molecule has 0 saturated heterocycles. The summed E-state index contributed by atoms with van der Waals surface area (Å²) >= 11 is 0. The van der Waals surface area contributed by atoms with Gasteiger partial charge in [-0.1, -0.05) is 18.9 Å². The van der Waals surface area contributed by atoms with Gasteiger partial charge in [0.1, 0.15) is 5.75 Å². The van der Waals surface area contributed by atoms with Crippen LogP contribution in [0.4, 0.5) is 0 Å². The lowest BCUT2D eigenvalue weighted by Crippen LogP contribution is -2.33. The third kappa shape index (κ3) is 3.49. The number of methoxy groups -OCH3 is 1. The smallest absolute Gasteiger partial charge is 0.224 e. The highest BCUT2D eigenvalue weighted by atomic mass is 16.5. The van der Waals surface area contributed by atoms with Crippen molar-refractivity contribution in [1.29, 1.82) is 0 Å². The van der Waals surface area contributed by atoms with Crippen LogP contribution in [0.2, 0.25) is 0 Å². The first-order valence-corrected chi connectivity index (χ1v) is 7.03. The molecule has 2 rings (SSSR count). The Balaban J connectivity index is 2.04. The molecule has 1 saturated carbocycles. The average Bonchev–Trinajstić information content (AvgIpc) is 2.86. The molecule has 0 unspecified atom stereocenters. The number of carbonyl (C=O) groups is 1. The summed E-state index contributed by atoms with van der Waals surface area (Å²) in [5, 5.41) is 3.12. The predicted octanol–water partition coefficient (Wildman–Crippen LogP) is 2.91. The lowest BCUT2D eigenvalue weighted by atomic mass is 10.0. The minimum atomic E-state index is 0.105. The number of rotatable bonds is 4. The molecule has 3 heteroatoms. The Labute approximate surface area is 115 Å². The van der Waals surface area contributed by atoms with Gasteiger partial charge in [-0.3, -0.25) is 4.79 Å². The van der Waals surface area contributed by atoms with Gasteiger partial charge < -0.3 is 10.1 Å². The van der Waals surface area contributed by atoms with Gasteiger partial charge in [-0.15, -0.1) is 0 Å². The Bertz CT molecular complexity index is 462. The number of nitrogens with one attached hydrogen (secondary N) is 1. The second kappa shape index (κ2) is 6.09. The van der Waals surface area contributed by atoms with Gasteiger partial charge in [-0.2, -0.15) is 0 Å². The summed E-state index contributed by atoms with van der Waals surface area (Å²) < 4.78 is 5.37. The van der Waals surface area contributed by atoms with Crippen molar-refractivity contribution < 1.29 is 9.53 Å². The van der Waals surface area contributed by atoms with Gasteiger partial charge in [-0.05, 0) is 43.9 Å². The molecule has 0 radical (unpaired) electrons. The molecule has 1 aromatic carbocycles. The van der Waals surface area contributed by atoms with E-state index in [9.17, 15) is 4.79 Å². The molecule has 1 amide bonds. The van der Waals surface area contributed by atoms with Gasteiger partial charge in [0.15, 0.2) is 0 Å². The first-order chi connectivity index (χ1) is 9.10. The third-order valence-corrected chi connectivity index (χ3v) is 3.97. The van der Waals surface area contributed by atoms with Crippen LogP contribution in [-0.2, 0) is 11.2 Å². The molecule has 1 aliphatic carbocycles. The molecule has 0 aliphatic heterocycles. The molecule has 1 aromatic rings. The molecule has 3 nitrogen and oxygen atoms in total. The van der Waals surface area contributed by atoms with Crippen LogP contribution in [0.15, 0.2) is 12.1 Å². The van der Waals surface area contributed by atoms with E-state index < -0.39 is 0 Å². The number of ether oxygens (including phenoxy) is 1. The van der Waals surface area contributed by atoms with Crippen LogP contribution < -0.4 is 10.1 Å². The monoisotopic (exact) mass is 261 g/mol. The maximum absolute atomic E-state index is 12.1. The fourth-order valence-electron chi connectivity index (χ4n) is 2.70. The second-order valence-electron chi connectivity index (χ2n) is 5.47. The largest absolute Gasteiger partial charge is 0.496 e. The molecule has 1 fully saturated rings. The Kier molecular flexibility index (Phi) is 4.46. The molecule has 104 valence electrons. The minimum Gasteiger partial charge on any atom is -0.496 e. The number of aryl methyl sites for hydroxylation is 2. The van der Waals surface area contributed by atoms with Crippen molar-refractivity contribution in [2.75, 3.05) is 7.11 Å². The van der Waals surface area contributed by atoms with Gasteiger partial charge in [0.2, 0.25) is 5.91 Å². The maximum Gasteiger partial charge on any atom is 0.224 e. The van der Waals surface area contributed by atoms with Gasteiger partial charge in [-0.25, -0.2) is 0 Å². The average molecular weight is 261 g/mol. The van der Waals surface area contributed by atoms with E-state index in [0.29, 0.717) is 12.5 Å². The summed E-state index contributed by atoms with van der Waals surface area (Å²) in [4.78, 5) is 12.1. The molecule has 0 spiro atoms. The molecule has 0 aromatic heterocycles. The number of hydrogen-bond donors (Lipinski definition) is 1. The topological polar surface area (TPSA) is 38.3 Å². The highest BCUT2D eigenvalue weighted by Gasteiger charge is 2.18. The molecule has 0 heterocycles. The first-order valence-electron chi connectivity index (χ1n) is 7.03. The normalized spacial score (nSPS) is 15.5. The molecule has 0 atom stereocenters. The van der Waals surface area contributed by atoms with E-state index >= 15 is 0 Å². The van der Waals surface area contributed by atoms with Crippen LogP contribution in [0.1, 0.15) is 42.4 Å². The van der Waals surface area contributed by atoms with E-state index in [4.69, 9.17) is 4.74 Å². The number of benzene rings is 1. The molecule has 1 N–H and O–H groups in total. The van der Waals surface area contributed by atoms with E-state index in [-0.39, 0.29) is 5.91 Å². The Morgan fingerprint density at radius 3 is 2.53 bits per heavy atom. The van der Waals surface area contributed by atoms with Crippen LogP contribution in [0.3, 0.4) is 0 Å². The first kappa shape index (κ1) is 13.9. The fraction of sp³-hybridized carbons (Fsp3) is 0.562. The quantitative estimate of drug-likeness (QED) is 0.905. The molecule has 19 heavy (non-hydrogen) atoms. The van der Waals surface area contributed by atoms with E-state index in [2.05, 4.69) is 25.2 Å². The van der Waals surface area contributed by atoms with E-state index in [0.717, 1.165) is 24.2 Å². The van der Waals surface area contributed by atoms with Crippen molar-refractivity contribution in [1.82, 2.24) is 5.32 Å². The van der Waals surface area contributed by atoms with Crippen LogP contribution >= 0.6 is 0 Å². The number of carbonyl (C=O) groups excluding carboxylic acids is 1. The maximum atomic E-state index is 12.1. The van der Waals surface area contributed by atoms with E-state index in [1.54, 1.807) is 7.11 Å². The zero-order valence-electron chi connectivity index (χ0n) is 12.1. The Morgan fingerprint density at radius 1 is 1.26 bits per heavy atom. The number of hydrogen-bond acceptors (Lipinski definition) is 2. The van der Waals surface area contributed by atoms with Gasteiger partial charge in [0.05, 0.1) is 13.5 Å². The van der Waals surface area contributed by atoms with Crippen molar-refractivity contribution in [3.05, 3.63) is 28.8 Å². The van der Waals surface area contributed by atoms with Gasteiger partial charge in [0, 0.05) is 11.6 Å². The van der Waals surface area contributed by atoms with Crippen molar-refractivity contribution in [3.63, 3.8) is 0 Å². The highest BCUT2D eigenvalue weighted by molar-refractivity contribution is 5.79. The summed E-state index contributed by atoms with van der Waals surface area (Å²) in [5.41, 5.74) is 3.36. The van der Waals surface area contributed by atoms with Crippen molar-refractivity contribution in [3.8, 4) is 5.75 Å². The molecular weight excluding hydrogens is 238 g/mol. The SMILES string of the molecule is COc1cc(C)c(C)cc1CC(=O)NC1CCCC1. The van der Waals surface area contributed by atoms with Gasteiger partial charge in [0.25, 0.3) is 0 Å². The summed E-state index contributed by atoms with van der Waals surface area (Å²) in [6.07, 6.45) is 5.11. The molecular formula is C16H23NO2. The van der Waals surface area contributed by atoms with Gasteiger partial charge >= 0.3 is 0 Å². The van der Waals surface area contributed by atoms with Crippen molar-refractivity contribution in [2.24, 2.45) is 0 Å². The van der Waals surface area contributed by atoms with Crippen LogP contribution in [-0.4, -0.2) is 19.1 Å². The zero-order chi connectivity index (χ0) is 13.8. The summed E-state index contributed by atoms with van der Waals surface area (Å²) in [6, 6.07) is 4.45. The van der Waals surface area contributed by atoms with Crippen LogP contribution in [0.5, 0.6) is 5.75 Å². The lowest BCUT2D eigenvalue weighted by molar-refractivity contribution is -0.121. The molecule has 0 bridgehead atoms. The third-order valence-electron chi connectivity index (χ3n) is 3.97. The zero-order valence-corrected chi connectivity index (χ0v) is 12.1. The summed E-state index contributed by atoms with van der Waals surface area (Å²) in [7, 11) is 1.66. The van der Waals surface area contributed by atoms with Crippen molar-refractivity contribution in [2.45, 2.75) is 52.0 Å². The predicted molar refractivity (Wildman–Crippen MR) is 76.6 cm³/mol. The van der Waals surface area contributed by atoms with E-state index in [1.807, 2.05) is 6.07 Å². The molecule has 1 aliphatic rings. The van der Waals surface area contributed by atoms with Crippen molar-refractivity contribution >= 4 is 5.91 Å². The van der Waals surface area contributed by atoms with E-state index in [1.165, 1.54) is 24.0 Å². The van der Waals surface area contributed by atoms with Crippen LogP contribution in [0, 0.1) is 13.8 Å². The fourth-order valence-corrected chi connectivity index (χ4v) is 2.70. The minimum absolute atomic E-state index is 0.105. The second-order valence-corrected chi connectivity index (χ2v) is 5.47.